The van der Waals surface area contributed by atoms with Crippen LogP contribution in [0.5, 0.6) is 0 Å². The lowest BCUT2D eigenvalue weighted by Crippen LogP contribution is -2.15. The molecule has 0 rings (SSSR count). The molecule has 0 saturated heterocycles. The van der Waals surface area contributed by atoms with Crippen molar-refractivity contribution in [3.8, 4) is 0 Å². The highest BCUT2D eigenvalue weighted by Crippen LogP contribution is 1.99. The average molecular weight is 286 g/mol. The summed E-state index contributed by atoms with van der Waals surface area (Å²) in [5, 5.41) is -0.215. The second-order valence-electron chi connectivity index (χ2n) is 4.59. The van der Waals surface area contributed by atoms with Crippen molar-refractivity contribution in [1.82, 2.24) is 0 Å². The van der Waals surface area contributed by atoms with Crippen LogP contribution in [-0.4, -0.2) is 39.3 Å². The van der Waals surface area contributed by atoms with Crippen LogP contribution >= 0.6 is 0 Å². The van der Waals surface area contributed by atoms with Gasteiger partial charge in [-0.15, -0.1) is 0 Å². The maximum atomic E-state index is 10.8. The molecule has 0 atom stereocenters. The molecule has 0 saturated carbocycles. The summed E-state index contributed by atoms with van der Waals surface area (Å²) in [6.45, 7) is 10.5. The predicted molar refractivity (Wildman–Crippen MR) is 73.8 cm³/mol. The van der Waals surface area contributed by atoms with Crippen LogP contribution in [0.3, 0.4) is 0 Å². The van der Waals surface area contributed by atoms with Crippen LogP contribution in [0.4, 0.5) is 0 Å². The third-order valence-corrected chi connectivity index (χ3v) is 6.44. The van der Waals surface area contributed by atoms with Crippen molar-refractivity contribution in [2.45, 2.75) is 46.8 Å². The molecule has 4 nitrogen and oxygen atoms in total. The van der Waals surface area contributed by atoms with Gasteiger partial charge in [0.25, 0.3) is 0 Å². The highest BCUT2D eigenvalue weighted by Gasteiger charge is 2.11. The Bertz CT molecular complexity index is 378. The lowest BCUT2D eigenvalue weighted by Gasteiger charge is -2.02. The fourth-order valence-corrected chi connectivity index (χ4v) is 2.88. The molecule has 0 fully saturated rings. The molecule has 0 heterocycles. The van der Waals surface area contributed by atoms with Gasteiger partial charge < -0.3 is 0 Å². The fourth-order valence-electron chi connectivity index (χ4n) is 0.959. The molecule has 0 bridgehead atoms. The summed E-state index contributed by atoms with van der Waals surface area (Å²) in [7, 11) is -5.45. The van der Waals surface area contributed by atoms with E-state index in [2.05, 4.69) is 0 Å². The maximum absolute atomic E-state index is 10.8. The predicted octanol–water partition coefficient (Wildman–Crippen LogP) is 1.91. The van der Waals surface area contributed by atoms with E-state index in [0.717, 1.165) is 0 Å². The summed E-state index contributed by atoms with van der Waals surface area (Å²) < 4.78 is 43.0. The zero-order valence-corrected chi connectivity index (χ0v) is 13.4. The van der Waals surface area contributed by atoms with E-state index in [9.17, 15) is 16.8 Å². The second kappa shape index (κ2) is 8.08. The van der Waals surface area contributed by atoms with Gasteiger partial charge in [0, 0.05) is 11.5 Å². The van der Waals surface area contributed by atoms with Crippen molar-refractivity contribution in [2.24, 2.45) is 5.92 Å². The summed E-state index contributed by atoms with van der Waals surface area (Å²) in [6.07, 6.45) is 0. The Morgan fingerprint density at radius 2 is 1.24 bits per heavy atom. The highest BCUT2D eigenvalue weighted by molar-refractivity contribution is 7.92. The lowest BCUT2D eigenvalue weighted by atomic mass is 10.3. The molecule has 0 aliphatic rings. The molecule has 17 heavy (non-hydrogen) atoms. The van der Waals surface area contributed by atoms with Crippen LogP contribution in [0.1, 0.15) is 41.5 Å². The van der Waals surface area contributed by atoms with Crippen LogP contribution in [0, 0.1) is 5.92 Å². The van der Waals surface area contributed by atoms with Gasteiger partial charge in [-0.3, -0.25) is 0 Å². The first-order valence-electron chi connectivity index (χ1n) is 5.90. The van der Waals surface area contributed by atoms with E-state index in [1.807, 2.05) is 13.8 Å². The molecule has 0 N–H and O–H groups in total. The number of rotatable bonds is 5. The van der Waals surface area contributed by atoms with Crippen molar-refractivity contribution in [3.05, 3.63) is 0 Å². The van der Waals surface area contributed by atoms with E-state index in [1.54, 1.807) is 27.7 Å². The SMILES string of the molecule is CCS(=O)(=O)C(C)C.CCS(=O)(=O)CC(C)C. The van der Waals surface area contributed by atoms with E-state index < -0.39 is 19.7 Å². The van der Waals surface area contributed by atoms with Crippen LogP contribution < -0.4 is 0 Å². The number of sulfone groups is 2. The van der Waals surface area contributed by atoms with E-state index in [0.29, 0.717) is 5.75 Å². The molecular formula is C11H26O4S2. The lowest BCUT2D eigenvalue weighted by molar-refractivity contribution is 0.583. The van der Waals surface area contributed by atoms with E-state index >= 15 is 0 Å². The van der Waals surface area contributed by atoms with Crippen LogP contribution in [0.25, 0.3) is 0 Å². The Labute approximate surface area is 107 Å². The Kier molecular flexibility index (Phi) is 9.15. The molecule has 0 radical (unpaired) electrons. The molecule has 0 unspecified atom stereocenters. The molecule has 0 aliphatic heterocycles. The van der Waals surface area contributed by atoms with E-state index in [1.165, 1.54) is 0 Å². The number of hydrogen-bond acceptors (Lipinski definition) is 4. The van der Waals surface area contributed by atoms with E-state index in [4.69, 9.17) is 0 Å². The molecule has 0 amide bonds. The normalized spacial score (nSPS) is 12.5. The minimum absolute atomic E-state index is 0.215. The van der Waals surface area contributed by atoms with Gasteiger partial charge in [0.15, 0.2) is 9.84 Å². The first-order valence-corrected chi connectivity index (χ1v) is 9.44. The van der Waals surface area contributed by atoms with Gasteiger partial charge in [-0.05, 0) is 19.8 Å². The Morgan fingerprint density at radius 1 is 0.824 bits per heavy atom. The monoisotopic (exact) mass is 286 g/mol. The minimum Gasteiger partial charge on any atom is -0.229 e. The first-order chi connectivity index (χ1) is 7.48. The zero-order valence-electron chi connectivity index (χ0n) is 11.7. The first kappa shape index (κ1) is 19.2. The van der Waals surface area contributed by atoms with Crippen molar-refractivity contribution >= 4 is 19.7 Å². The molecule has 0 aliphatic carbocycles. The van der Waals surface area contributed by atoms with Crippen molar-refractivity contribution in [3.63, 3.8) is 0 Å². The van der Waals surface area contributed by atoms with Crippen molar-refractivity contribution in [2.75, 3.05) is 17.3 Å². The Morgan fingerprint density at radius 3 is 1.29 bits per heavy atom. The fraction of sp³-hybridized carbons (Fsp3) is 1.00. The molecule has 0 aromatic carbocycles. The van der Waals surface area contributed by atoms with Gasteiger partial charge in [-0.25, -0.2) is 16.8 Å². The standard InChI is InChI=1S/C6H14O2S.C5H12O2S/c1-4-9(7,8)5-6(2)3;1-4-8(6,7)5(2)3/h6H,4-5H2,1-3H3;5H,4H2,1-3H3. The quantitative estimate of drug-likeness (QED) is 0.774. The topological polar surface area (TPSA) is 68.3 Å². The van der Waals surface area contributed by atoms with Gasteiger partial charge >= 0.3 is 0 Å². The smallest absolute Gasteiger partial charge is 0.152 e. The number of hydrogen-bond donors (Lipinski definition) is 0. The second-order valence-corrected chi connectivity index (χ2v) is 9.84. The summed E-state index contributed by atoms with van der Waals surface area (Å²) in [4.78, 5) is 0. The minimum atomic E-state index is -2.74. The highest BCUT2D eigenvalue weighted by atomic mass is 32.2. The zero-order chi connectivity index (χ0) is 14.3. The molecule has 106 valence electrons. The molecule has 0 aromatic heterocycles. The maximum Gasteiger partial charge on any atom is 0.152 e. The van der Waals surface area contributed by atoms with Crippen molar-refractivity contribution in [1.29, 1.82) is 0 Å². The Balaban J connectivity index is 0. The Hall–Kier alpha value is -0.100. The summed E-state index contributed by atoms with van der Waals surface area (Å²) in [5.41, 5.74) is 0. The largest absolute Gasteiger partial charge is 0.229 e. The van der Waals surface area contributed by atoms with Crippen LogP contribution in [-0.2, 0) is 19.7 Å². The van der Waals surface area contributed by atoms with Gasteiger partial charge in [-0.2, -0.15) is 0 Å². The van der Waals surface area contributed by atoms with Crippen LogP contribution in [0.15, 0.2) is 0 Å². The molecular weight excluding hydrogens is 260 g/mol. The summed E-state index contributed by atoms with van der Waals surface area (Å²) in [5.74, 6) is 1.11. The third kappa shape index (κ3) is 10.8. The molecule has 6 heteroatoms. The van der Waals surface area contributed by atoms with Gasteiger partial charge in [0.05, 0.1) is 11.0 Å². The van der Waals surface area contributed by atoms with Crippen LogP contribution in [0.2, 0.25) is 0 Å². The molecule has 0 spiro atoms. The van der Waals surface area contributed by atoms with Gasteiger partial charge in [-0.1, -0.05) is 27.7 Å². The average Bonchev–Trinajstić information content (AvgIpc) is 2.16. The molecule has 0 aromatic rings. The van der Waals surface area contributed by atoms with E-state index in [-0.39, 0.29) is 22.7 Å². The summed E-state index contributed by atoms with van der Waals surface area (Å²) >= 11 is 0. The van der Waals surface area contributed by atoms with Gasteiger partial charge in [0.1, 0.15) is 9.84 Å². The third-order valence-electron chi connectivity index (χ3n) is 2.15. The van der Waals surface area contributed by atoms with Gasteiger partial charge in [0.2, 0.25) is 0 Å². The van der Waals surface area contributed by atoms with Crippen molar-refractivity contribution < 1.29 is 16.8 Å². The summed E-state index contributed by atoms with van der Waals surface area (Å²) in [6, 6.07) is 0.